The number of nitrogens with two attached hydrogens (primary N) is 1. The van der Waals surface area contributed by atoms with Crippen LogP contribution in [0, 0.1) is 0 Å². The number of carboxylic acids is 1. The zero-order valence-corrected chi connectivity index (χ0v) is 14.8. The normalized spacial score (nSPS) is 12.0. The molecule has 2 aromatic carbocycles. The van der Waals surface area contributed by atoms with Gasteiger partial charge in [0, 0.05) is 17.8 Å². The molecule has 1 heterocycles. The topological polar surface area (TPSA) is 88.7 Å². The summed E-state index contributed by atoms with van der Waals surface area (Å²) in [6, 6.07) is 11.0. The van der Waals surface area contributed by atoms with Crippen LogP contribution in [0.25, 0.3) is 10.8 Å². The maximum Gasteiger partial charge on any atom is 0.332 e. The lowest BCUT2D eigenvalue weighted by Gasteiger charge is -2.27. The quantitative estimate of drug-likeness (QED) is 0.506. The molecule has 3 rings (SSSR count). The standard InChI is InChI=1S/C19H18ClN3O3/c1-2-26-17-10-13(4-6-16(17)20)18(19(24)25)23(21)15-5-3-14-11-22-8-7-12(14)9-15/h3-11,18H,2,21H2,1H3,(H,24,25). The van der Waals surface area contributed by atoms with Crippen molar-refractivity contribution in [3.63, 3.8) is 0 Å². The number of rotatable bonds is 6. The Kier molecular flexibility index (Phi) is 5.25. The molecule has 0 fully saturated rings. The van der Waals surface area contributed by atoms with Gasteiger partial charge in [-0.1, -0.05) is 23.7 Å². The molecule has 6 nitrogen and oxygen atoms in total. The van der Waals surface area contributed by atoms with Crippen molar-refractivity contribution in [2.45, 2.75) is 13.0 Å². The monoisotopic (exact) mass is 371 g/mol. The fourth-order valence-corrected chi connectivity index (χ4v) is 2.93. The van der Waals surface area contributed by atoms with Crippen LogP contribution in [0.5, 0.6) is 5.75 Å². The summed E-state index contributed by atoms with van der Waals surface area (Å²) in [6.45, 7) is 2.25. The van der Waals surface area contributed by atoms with E-state index in [-0.39, 0.29) is 0 Å². The van der Waals surface area contributed by atoms with Gasteiger partial charge in [0.25, 0.3) is 0 Å². The number of fused-ring (bicyclic) bond motifs is 1. The van der Waals surface area contributed by atoms with Crippen LogP contribution in [0.15, 0.2) is 54.9 Å². The van der Waals surface area contributed by atoms with Gasteiger partial charge in [-0.25, -0.2) is 10.6 Å². The number of carboxylic acid groups (broad SMARTS) is 1. The lowest BCUT2D eigenvalue weighted by atomic mass is 10.0. The summed E-state index contributed by atoms with van der Waals surface area (Å²) < 4.78 is 5.46. The number of halogens is 1. The van der Waals surface area contributed by atoms with Gasteiger partial charge in [-0.05, 0) is 48.2 Å². The molecule has 0 aliphatic heterocycles. The van der Waals surface area contributed by atoms with E-state index in [1.807, 2.05) is 25.1 Å². The molecule has 0 aliphatic rings. The van der Waals surface area contributed by atoms with Crippen molar-refractivity contribution in [2.75, 3.05) is 11.6 Å². The average molecular weight is 372 g/mol. The number of carbonyl (C=O) groups is 1. The van der Waals surface area contributed by atoms with Gasteiger partial charge in [-0.15, -0.1) is 0 Å². The van der Waals surface area contributed by atoms with Gasteiger partial charge in [0.2, 0.25) is 0 Å². The number of ether oxygens (including phenoxy) is 1. The summed E-state index contributed by atoms with van der Waals surface area (Å²) in [5, 5.41) is 13.3. The minimum Gasteiger partial charge on any atom is -0.492 e. The van der Waals surface area contributed by atoms with Crippen LogP contribution >= 0.6 is 11.6 Å². The zero-order valence-electron chi connectivity index (χ0n) is 14.1. The third-order valence-electron chi connectivity index (χ3n) is 4.01. The average Bonchev–Trinajstić information content (AvgIpc) is 2.64. The van der Waals surface area contributed by atoms with E-state index in [9.17, 15) is 9.90 Å². The molecule has 1 atom stereocenters. The van der Waals surface area contributed by atoms with Crippen LogP contribution < -0.4 is 15.6 Å². The first-order valence-corrected chi connectivity index (χ1v) is 8.42. The molecule has 7 heteroatoms. The summed E-state index contributed by atoms with van der Waals surface area (Å²) in [4.78, 5) is 16.0. The predicted octanol–water partition coefficient (Wildman–Crippen LogP) is 3.79. The maximum absolute atomic E-state index is 11.9. The highest BCUT2D eigenvalue weighted by Crippen LogP contribution is 2.32. The molecular weight excluding hydrogens is 354 g/mol. The second-order valence-electron chi connectivity index (χ2n) is 5.68. The van der Waals surface area contributed by atoms with Gasteiger partial charge in [0.15, 0.2) is 6.04 Å². The third-order valence-corrected chi connectivity index (χ3v) is 4.32. The number of pyridine rings is 1. The Balaban J connectivity index is 2.01. The number of aromatic nitrogens is 1. The molecule has 3 aromatic rings. The molecule has 0 saturated carbocycles. The number of nitrogens with zero attached hydrogens (tertiary/aromatic N) is 2. The summed E-state index contributed by atoms with van der Waals surface area (Å²) in [5.41, 5.74) is 1.05. The maximum atomic E-state index is 11.9. The molecule has 0 amide bonds. The molecule has 0 aliphatic carbocycles. The van der Waals surface area contributed by atoms with E-state index < -0.39 is 12.0 Å². The Morgan fingerprint density at radius 3 is 2.81 bits per heavy atom. The van der Waals surface area contributed by atoms with Crippen molar-refractivity contribution in [2.24, 2.45) is 5.84 Å². The van der Waals surface area contributed by atoms with E-state index in [2.05, 4.69) is 4.98 Å². The molecule has 26 heavy (non-hydrogen) atoms. The van der Waals surface area contributed by atoms with Crippen LogP contribution in [0.1, 0.15) is 18.5 Å². The number of hydrogen-bond acceptors (Lipinski definition) is 5. The first-order valence-electron chi connectivity index (χ1n) is 8.04. The number of aliphatic carboxylic acids is 1. The first-order chi connectivity index (χ1) is 12.5. The number of hydrazine groups is 1. The van der Waals surface area contributed by atoms with E-state index in [1.54, 1.807) is 36.7 Å². The van der Waals surface area contributed by atoms with Gasteiger partial charge >= 0.3 is 5.97 Å². The van der Waals surface area contributed by atoms with Crippen LogP contribution in [0.4, 0.5) is 5.69 Å². The van der Waals surface area contributed by atoms with E-state index >= 15 is 0 Å². The highest BCUT2D eigenvalue weighted by molar-refractivity contribution is 6.32. The van der Waals surface area contributed by atoms with Crippen molar-refractivity contribution in [3.05, 3.63) is 65.4 Å². The number of hydrogen-bond donors (Lipinski definition) is 2. The smallest absolute Gasteiger partial charge is 0.332 e. The molecule has 0 saturated heterocycles. The summed E-state index contributed by atoms with van der Waals surface area (Å²) in [6.07, 6.45) is 3.41. The number of anilines is 1. The molecular formula is C19H18ClN3O3. The molecule has 0 radical (unpaired) electrons. The Hall–Kier alpha value is -2.83. The van der Waals surface area contributed by atoms with E-state index in [4.69, 9.17) is 22.2 Å². The molecule has 0 spiro atoms. The second kappa shape index (κ2) is 7.59. The first kappa shape index (κ1) is 18.0. The van der Waals surface area contributed by atoms with Crippen LogP contribution in [0.3, 0.4) is 0 Å². The van der Waals surface area contributed by atoms with Crippen LogP contribution in [-0.4, -0.2) is 22.7 Å². The Labute approximate surface area is 155 Å². The third kappa shape index (κ3) is 3.56. The van der Waals surface area contributed by atoms with E-state index in [0.29, 0.717) is 28.6 Å². The van der Waals surface area contributed by atoms with E-state index in [0.717, 1.165) is 10.8 Å². The van der Waals surface area contributed by atoms with Crippen molar-refractivity contribution >= 4 is 34.0 Å². The van der Waals surface area contributed by atoms with Gasteiger partial charge in [0.1, 0.15) is 5.75 Å². The SMILES string of the molecule is CCOc1cc(C(C(=O)O)N(N)c2ccc3cnccc3c2)ccc1Cl. The highest BCUT2D eigenvalue weighted by Gasteiger charge is 2.27. The second-order valence-corrected chi connectivity index (χ2v) is 6.09. The minimum absolute atomic E-state index is 0.418. The summed E-state index contributed by atoms with van der Waals surface area (Å²) >= 11 is 6.10. The van der Waals surface area contributed by atoms with Crippen molar-refractivity contribution in [1.82, 2.24) is 4.98 Å². The van der Waals surface area contributed by atoms with Crippen molar-refractivity contribution in [3.8, 4) is 5.75 Å². The highest BCUT2D eigenvalue weighted by atomic mass is 35.5. The van der Waals surface area contributed by atoms with Gasteiger partial charge in [-0.2, -0.15) is 0 Å². The van der Waals surface area contributed by atoms with E-state index in [1.165, 1.54) is 5.01 Å². The van der Waals surface area contributed by atoms with Crippen molar-refractivity contribution < 1.29 is 14.6 Å². The molecule has 3 N–H and O–H groups in total. The van der Waals surface area contributed by atoms with Crippen LogP contribution in [-0.2, 0) is 4.79 Å². The molecule has 1 aromatic heterocycles. The molecule has 1 unspecified atom stereocenters. The van der Waals surface area contributed by atoms with Gasteiger partial charge in [-0.3, -0.25) is 9.99 Å². The summed E-state index contributed by atoms with van der Waals surface area (Å²) in [5.74, 6) is 5.54. The number of benzene rings is 2. The van der Waals surface area contributed by atoms with Crippen LogP contribution in [0.2, 0.25) is 5.02 Å². The zero-order chi connectivity index (χ0) is 18.7. The molecule has 134 valence electrons. The Bertz CT molecular complexity index is 948. The predicted molar refractivity (Wildman–Crippen MR) is 101 cm³/mol. The van der Waals surface area contributed by atoms with Crippen molar-refractivity contribution in [1.29, 1.82) is 0 Å². The lowest BCUT2D eigenvalue weighted by Crippen LogP contribution is -2.39. The fraction of sp³-hybridized carbons (Fsp3) is 0.158. The van der Waals surface area contributed by atoms with Gasteiger partial charge < -0.3 is 9.84 Å². The summed E-state index contributed by atoms with van der Waals surface area (Å²) in [7, 11) is 0. The fourth-order valence-electron chi connectivity index (χ4n) is 2.76. The Morgan fingerprint density at radius 2 is 2.08 bits per heavy atom. The minimum atomic E-state index is -1.09. The Morgan fingerprint density at radius 1 is 1.27 bits per heavy atom. The largest absolute Gasteiger partial charge is 0.492 e. The van der Waals surface area contributed by atoms with Gasteiger partial charge in [0.05, 0.1) is 17.3 Å². The lowest BCUT2D eigenvalue weighted by molar-refractivity contribution is -0.138. The molecule has 0 bridgehead atoms.